The fourth-order valence-electron chi connectivity index (χ4n) is 0.859. The average Bonchev–Trinajstić information content (AvgIpc) is 2.17. The lowest BCUT2D eigenvalue weighted by atomic mass is 10.3. The van der Waals surface area contributed by atoms with Gasteiger partial charge in [-0.1, -0.05) is 6.58 Å². The normalized spacial score (nSPS) is 13.3. The van der Waals surface area contributed by atoms with Crippen LogP contribution in [0.4, 0.5) is 0 Å². The number of hydrogen-bond donors (Lipinski definition) is 0. The number of ether oxygens (including phenoxy) is 1. The highest BCUT2D eigenvalue weighted by Gasteiger charge is 2.26. The standard InChI is InChI=1S/C9H17O5P/c1-7(2)9(10)14-8(3)6-15(11,12-4)13-5/h8H,1,6H2,2-5H3. The third-order valence-corrected chi connectivity index (χ3v) is 3.77. The molecule has 0 aromatic rings. The quantitative estimate of drug-likeness (QED) is 0.401. The van der Waals surface area contributed by atoms with Crippen LogP contribution in [0.2, 0.25) is 0 Å². The van der Waals surface area contributed by atoms with Crippen LogP contribution in [0.15, 0.2) is 12.2 Å². The molecule has 0 saturated heterocycles. The maximum Gasteiger partial charge on any atom is 0.333 e. The van der Waals surface area contributed by atoms with Crippen LogP contribution in [-0.2, 0) is 23.1 Å². The molecule has 0 aromatic carbocycles. The minimum Gasteiger partial charge on any atom is -0.459 e. The summed E-state index contributed by atoms with van der Waals surface area (Å²) in [4.78, 5) is 11.1. The maximum atomic E-state index is 11.7. The molecule has 0 fully saturated rings. The Morgan fingerprint density at radius 1 is 1.40 bits per heavy atom. The summed E-state index contributed by atoms with van der Waals surface area (Å²) in [6.07, 6.45) is -0.515. The molecule has 0 radical (unpaired) electrons. The molecular weight excluding hydrogens is 219 g/mol. The molecule has 0 bridgehead atoms. The van der Waals surface area contributed by atoms with Gasteiger partial charge in [0.2, 0.25) is 0 Å². The average molecular weight is 236 g/mol. The van der Waals surface area contributed by atoms with Crippen molar-refractivity contribution in [2.45, 2.75) is 20.0 Å². The Labute approximate surface area is 89.9 Å². The van der Waals surface area contributed by atoms with Crippen LogP contribution in [-0.4, -0.2) is 32.5 Å². The van der Waals surface area contributed by atoms with E-state index < -0.39 is 19.7 Å². The van der Waals surface area contributed by atoms with Gasteiger partial charge in [0.1, 0.15) is 6.10 Å². The Hall–Kier alpha value is -0.640. The highest BCUT2D eigenvalue weighted by atomic mass is 31.2. The van der Waals surface area contributed by atoms with E-state index in [9.17, 15) is 9.36 Å². The van der Waals surface area contributed by atoms with Crippen molar-refractivity contribution in [3.05, 3.63) is 12.2 Å². The van der Waals surface area contributed by atoms with Crippen LogP contribution < -0.4 is 0 Å². The first-order valence-electron chi connectivity index (χ1n) is 4.41. The van der Waals surface area contributed by atoms with E-state index in [2.05, 4.69) is 6.58 Å². The second kappa shape index (κ2) is 6.05. The molecule has 0 heterocycles. The van der Waals surface area contributed by atoms with Crippen LogP contribution >= 0.6 is 7.60 Å². The third kappa shape index (κ3) is 5.11. The predicted octanol–water partition coefficient (Wildman–Crippen LogP) is 1.98. The zero-order valence-electron chi connectivity index (χ0n) is 9.48. The van der Waals surface area contributed by atoms with Gasteiger partial charge in [-0.25, -0.2) is 4.79 Å². The second-order valence-corrected chi connectivity index (χ2v) is 5.47. The van der Waals surface area contributed by atoms with Gasteiger partial charge in [0.15, 0.2) is 0 Å². The van der Waals surface area contributed by atoms with E-state index in [0.29, 0.717) is 5.57 Å². The summed E-state index contributed by atoms with van der Waals surface area (Å²) in [5.41, 5.74) is 0.298. The Kier molecular flexibility index (Phi) is 5.80. The molecular formula is C9H17O5P. The van der Waals surface area contributed by atoms with Gasteiger partial charge >= 0.3 is 13.6 Å². The summed E-state index contributed by atoms with van der Waals surface area (Å²) < 4.78 is 26.0. The van der Waals surface area contributed by atoms with Gasteiger partial charge in [0.05, 0.1) is 6.16 Å². The topological polar surface area (TPSA) is 61.8 Å². The van der Waals surface area contributed by atoms with Gasteiger partial charge in [0.25, 0.3) is 0 Å². The molecule has 0 aliphatic rings. The molecule has 15 heavy (non-hydrogen) atoms. The summed E-state index contributed by atoms with van der Waals surface area (Å²) in [6.45, 7) is 6.60. The first-order valence-corrected chi connectivity index (χ1v) is 6.14. The van der Waals surface area contributed by atoms with E-state index in [1.807, 2.05) is 0 Å². The van der Waals surface area contributed by atoms with Crippen LogP contribution in [0.25, 0.3) is 0 Å². The number of rotatable bonds is 6. The van der Waals surface area contributed by atoms with Gasteiger partial charge < -0.3 is 13.8 Å². The van der Waals surface area contributed by atoms with Crippen LogP contribution in [0.3, 0.4) is 0 Å². The van der Waals surface area contributed by atoms with Gasteiger partial charge in [-0.15, -0.1) is 0 Å². The molecule has 0 spiro atoms. The largest absolute Gasteiger partial charge is 0.459 e. The molecule has 0 amide bonds. The smallest absolute Gasteiger partial charge is 0.333 e. The Morgan fingerprint density at radius 3 is 2.20 bits per heavy atom. The van der Waals surface area contributed by atoms with E-state index in [1.165, 1.54) is 14.2 Å². The fourth-order valence-corrected chi connectivity index (χ4v) is 2.01. The molecule has 0 aliphatic heterocycles. The van der Waals surface area contributed by atoms with E-state index in [0.717, 1.165) is 0 Å². The van der Waals surface area contributed by atoms with Crippen molar-refractivity contribution in [3.8, 4) is 0 Å². The number of hydrogen-bond acceptors (Lipinski definition) is 5. The summed E-state index contributed by atoms with van der Waals surface area (Å²) in [6, 6.07) is 0. The number of carbonyl (C=O) groups excluding carboxylic acids is 1. The van der Waals surface area contributed by atoms with Crippen molar-refractivity contribution in [3.63, 3.8) is 0 Å². The molecule has 6 heteroatoms. The van der Waals surface area contributed by atoms with Crippen LogP contribution in [0.5, 0.6) is 0 Å². The first kappa shape index (κ1) is 14.4. The zero-order chi connectivity index (χ0) is 12.1. The van der Waals surface area contributed by atoms with Crippen molar-refractivity contribution >= 4 is 13.6 Å². The number of carbonyl (C=O) groups is 1. The Bertz CT molecular complexity index is 278. The molecule has 0 aromatic heterocycles. The van der Waals surface area contributed by atoms with Crippen molar-refractivity contribution in [1.29, 1.82) is 0 Å². The van der Waals surface area contributed by atoms with Crippen LogP contribution in [0.1, 0.15) is 13.8 Å². The fraction of sp³-hybridized carbons (Fsp3) is 0.667. The van der Waals surface area contributed by atoms with E-state index in [1.54, 1.807) is 13.8 Å². The summed E-state index contributed by atoms with van der Waals surface area (Å²) in [7, 11) is -0.552. The van der Waals surface area contributed by atoms with Crippen LogP contribution in [0, 0.1) is 0 Å². The van der Waals surface area contributed by atoms with Gasteiger partial charge in [-0.05, 0) is 13.8 Å². The molecule has 1 atom stereocenters. The summed E-state index contributed by atoms with van der Waals surface area (Å²) in [5.74, 6) is -0.513. The third-order valence-electron chi connectivity index (χ3n) is 1.69. The van der Waals surface area contributed by atoms with Crippen molar-refractivity contribution in [2.75, 3.05) is 20.4 Å². The minimum atomic E-state index is -3.13. The summed E-state index contributed by atoms with van der Waals surface area (Å²) >= 11 is 0. The molecule has 0 N–H and O–H groups in total. The van der Waals surface area contributed by atoms with Gasteiger partial charge in [-0.2, -0.15) is 0 Å². The minimum absolute atomic E-state index is 0.0268. The zero-order valence-corrected chi connectivity index (χ0v) is 10.4. The highest BCUT2D eigenvalue weighted by molar-refractivity contribution is 7.53. The lowest BCUT2D eigenvalue weighted by molar-refractivity contribution is -0.142. The van der Waals surface area contributed by atoms with E-state index >= 15 is 0 Å². The monoisotopic (exact) mass is 236 g/mol. The second-order valence-electron chi connectivity index (χ2n) is 3.15. The SMILES string of the molecule is C=C(C)C(=O)OC(C)CP(=O)(OC)OC. The van der Waals surface area contributed by atoms with Gasteiger partial charge in [0, 0.05) is 19.8 Å². The lowest BCUT2D eigenvalue weighted by Gasteiger charge is -2.18. The maximum absolute atomic E-state index is 11.7. The molecule has 1 unspecified atom stereocenters. The van der Waals surface area contributed by atoms with Gasteiger partial charge in [-0.3, -0.25) is 4.57 Å². The molecule has 5 nitrogen and oxygen atoms in total. The predicted molar refractivity (Wildman–Crippen MR) is 56.9 cm³/mol. The molecule has 88 valence electrons. The van der Waals surface area contributed by atoms with E-state index in [4.69, 9.17) is 13.8 Å². The Balaban J connectivity index is 4.25. The lowest BCUT2D eigenvalue weighted by Crippen LogP contribution is -2.19. The number of esters is 1. The molecule has 0 rings (SSSR count). The first-order chi connectivity index (χ1) is 6.84. The Morgan fingerprint density at radius 2 is 1.87 bits per heavy atom. The van der Waals surface area contributed by atoms with E-state index in [-0.39, 0.29) is 6.16 Å². The molecule has 0 aliphatic carbocycles. The van der Waals surface area contributed by atoms with Crippen molar-refractivity contribution in [2.24, 2.45) is 0 Å². The molecule has 0 saturated carbocycles. The van der Waals surface area contributed by atoms with Crippen molar-refractivity contribution < 1.29 is 23.1 Å². The van der Waals surface area contributed by atoms with Crippen molar-refractivity contribution in [1.82, 2.24) is 0 Å². The summed E-state index contributed by atoms with van der Waals surface area (Å²) in [5, 5.41) is 0. The highest BCUT2D eigenvalue weighted by Crippen LogP contribution is 2.47.